The molecular formula is C134H116. The van der Waals surface area contributed by atoms with Crippen LogP contribution < -0.4 is 0 Å². The van der Waals surface area contributed by atoms with Crippen LogP contribution >= 0.6 is 0 Å². The van der Waals surface area contributed by atoms with Gasteiger partial charge in [-0.2, -0.15) is 0 Å². The minimum absolute atomic E-state index is 1.26. The predicted molar refractivity (Wildman–Crippen MR) is 580 cm³/mol. The topological polar surface area (TPSA) is 0 Å². The molecule has 0 aliphatic rings. The Morgan fingerprint density at radius 3 is 0.470 bits per heavy atom. The highest BCUT2D eigenvalue weighted by molar-refractivity contribution is 5.84. The maximum atomic E-state index is 2.25. The van der Waals surface area contributed by atoms with Gasteiger partial charge in [-0.05, 0) is 218 Å². The van der Waals surface area contributed by atoms with Crippen molar-refractivity contribution in [3.05, 3.63) is 603 Å². The Morgan fingerprint density at radius 1 is 0.0821 bits per heavy atom. The molecule has 0 unspecified atom stereocenters. The lowest BCUT2D eigenvalue weighted by atomic mass is 9.94. The molecule has 0 spiro atoms. The van der Waals surface area contributed by atoms with Gasteiger partial charge in [0.05, 0.1) is 0 Å². The van der Waals surface area contributed by atoms with E-state index in [0.717, 1.165) is 0 Å². The zero-order valence-electron chi connectivity index (χ0n) is 78.1. The maximum absolute atomic E-state index is 2.25. The van der Waals surface area contributed by atoms with Crippen molar-refractivity contribution in [1.82, 2.24) is 0 Å². The van der Waals surface area contributed by atoms with E-state index >= 15 is 0 Å². The summed E-state index contributed by atoms with van der Waals surface area (Å²) in [4.78, 5) is 0. The maximum Gasteiger partial charge on any atom is -0.0105 e. The van der Waals surface area contributed by atoms with Crippen molar-refractivity contribution in [3.8, 4) is 145 Å². The van der Waals surface area contributed by atoms with E-state index in [1.165, 1.54) is 189 Å². The Bertz CT molecular complexity index is 7040. The molecule has 0 saturated carbocycles. The summed E-state index contributed by atoms with van der Waals surface area (Å²) in [6, 6.07) is 196. The number of rotatable bonds is 13. The zero-order valence-corrected chi connectivity index (χ0v) is 78.1. The normalized spacial score (nSPS) is 10.2. The molecule has 0 saturated heterocycles. The van der Waals surface area contributed by atoms with Crippen LogP contribution in [-0.2, 0) is 0 Å². The monoisotopic (exact) mass is 1720 g/mol. The average molecular weight is 1730 g/mol. The van der Waals surface area contributed by atoms with Crippen LogP contribution in [0.1, 0.15) is 44.5 Å². The third-order valence-corrected chi connectivity index (χ3v) is 23.3. The first-order valence-corrected chi connectivity index (χ1v) is 46.2. The summed E-state index contributed by atoms with van der Waals surface area (Å²) in [5.74, 6) is 0. The third kappa shape index (κ3) is 28.3. The van der Waals surface area contributed by atoms with Gasteiger partial charge in [-0.3, -0.25) is 0 Å². The Kier molecular flexibility index (Phi) is 34.6. The number of hydrogen-bond acceptors (Lipinski definition) is 0. The van der Waals surface area contributed by atoms with E-state index in [9.17, 15) is 0 Å². The second-order valence-corrected chi connectivity index (χ2v) is 33.7. The van der Waals surface area contributed by atoms with Crippen LogP contribution in [0.3, 0.4) is 0 Å². The third-order valence-electron chi connectivity index (χ3n) is 23.3. The van der Waals surface area contributed by atoms with Gasteiger partial charge in [-0.25, -0.2) is 0 Å². The zero-order chi connectivity index (χ0) is 92.7. The van der Waals surface area contributed by atoms with Crippen molar-refractivity contribution in [3.63, 3.8) is 0 Å². The highest BCUT2D eigenvalue weighted by Gasteiger charge is 2.10. The molecule has 0 N–H and O–H groups in total. The van der Waals surface area contributed by atoms with Crippen molar-refractivity contribution in [2.75, 3.05) is 0 Å². The fourth-order valence-electron chi connectivity index (χ4n) is 15.8. The first-order chi connectivity index (χ1) is 65.7. The SMILES string of the molecule is Cc1ccc(-c2ccc(-c3ccccc3)cc2)cc1.Cc1ccc(-c2cccc(-c3ccccc3)c2)cc1.Cc1ccc(-c2ccccc2)cc1.Cc1ccc(-c2ccccc2-c2ccccc2)cc1.Cc1cccc(-c2ccc(-c3ccccc3)cc2)c1.Cc1cccc(-c2cccc(-c3ccccc3)c2)c1.Cc1cccc(-c2ccccc2)c1.Cc1ccccc1-c1ccccc1. The fraction of sp³-hybridized carbons (Fsp3) is 0.0597. The molecule has 652 valence electrons. The van der Waals surface area contributed by atoms with Gasteiger partial charge in [-0.1, -0.05) is 585 Å². The van der Waals surface area contributed by atoms with Crippen molar-refractivity contribution >= 4 is 0 Å². The number of benzene rings is 21. The second kappa shape index (κ2) is 49.4. The van der Waals surface area contributed by atoms with Crippen LogP contribution in [-0.4, -0.2) is 0 Å². The highest BCUT2D eigenvalue weighted by atomic mass is 14.1. The van der Waals surface area contributed by atoms with E-state index in [1.54, 1.807) is 0 Å². The van der Waals surface area contributed by atoms with Crippen molar-refractivity contribution < 1.29 is 0 Å². The predicted octanol–water partition coefficient (Wildman–Crippen LogP) is 37.6. The molecule has 21 rings (SSSR count). The van der Waals surface area contributed by atoms with E-state index < -0.39 is 0 Å². The van der Waals surface area contributed by atoms with Crippen LogP contribution in [0.2, 0.25) is 0 Å². The van der Waals surface area contributed by atoms with Gasteiger partial charge >= 0.3 is 0 Å². The lowest BCUT2D eigenvalue weighted by Gasteiger charge is -2.10. The molecular weight excluding hydrogens is 1610 g/mol. The van der Waals surface area contributed by atoms with E-state index in [-0.39, 0.29) is 0 Å². The molecule has 0 amide bonds. The molecule has 0 aromatic heterocycles. The minimum Gasteiger partial charge on any atom is -0.0622 e. The van der Waals surface area contributed by atoms with Crippen LogP contribution in [0.15, 0.2) is 558 Å². The van der Waals surface area contributed by atoms with E-state index in [4.69, 9.17) is 0 Å². The Balaban J connectivity index is 0.000000123. The molecule has 0 aliphatic carbocycles. The van der Waals surface area contributed by atoms with Gasteiger partial charge in [0.2, 0.25) is 0 Å². The van der Waals surface area contributed by atoms with Gasteiger partial charge in [0.15, 0.2) is 0 Å². The molecule has 0 nitrogen and oxygen atoms in total. The molecule has 0 heteroatoms. The van der Waals surface area contributed by atoms with E-state index in [2.05, 4.69) is 571 Å². The number of aryl methyl sites for hydroxylation is 8. The Hall–Kier alpha value is -16.4. The van der Waals surface area contributed by atoms with Gasteiger partial charge in [-0.15, -0.1) is 0 Å². The van der Waals surface area contributed by atoms with Crippen molar-refractivity contribution in [1.29, 1.82) is 0 Å². The number of hydrogen-bond donors (Lipinski definition) is 0. The van der Waals surface area contributed by atoms with Gasteiger partial charge in [0.1, 0.15) is 0 Å². The average Bonchev–Trinajstić information content (AvgIpc) is 0.830. The standard InChI is InChI=1S/5C19H16.3C13H12/c1-15-7-5-10-17(13-15)19-12-6-11-18(14-19)16-8-3-2-4-9-16;1-15-6-5-9-19(14-15)18-12-10-17(11-13-18)16-7-3-2-4-8-16;1-15-11-13-17(14-12-15)19-10-6-5-9-18(19)16-7-3-2-4-8-16;1-15-10-12-17(13-11-15)19-9-5-8-18(14-19)16-6-3-2-4-7-16;1-15-7-9-17(10-8-15)19-13-11-18(12-14-19)16-5-3-2-4-6-16;1-11-7-5-6-10-13(11)12-8-3-2-4-9-12;1-11-6-5-9-13(10-11)12-7-3-2-4-8-12;1-11-7-9-13(10-8-11)12-5-3-2-4-6-12/h5*2-14H,1H3;3*2-10H,1H3. The lowest BCUT2D eigenvalue weighted by Crippen LogP contribution is -1.84. The lowest BCUT2D eigenvalue weighted by molar-refractivity contribution is 1.46. The summed E-state index contributed by atoms with van der Waals surface area (Å²) in [7, 11) is 0. The summed E-state index contributed by atoms with van der Waals surface area (Å²) in [5.41, 5.74) is 43.5. The first-order valence-electron chi connectivity index (χ1n) is 46.2. The molecule has 0 fully saturated rings. The molecule has 134 heavy (non-hydrogen) atoms. The molecule has 0 heterocycles. The fourth-order valence-corrected chi connectivity index (χ4v) is 15.8. The van der Waals surface area contributed by atoms with Gasteiger partial charge < -0.3 is 0 Å². The summed E-state index contributed by atoms with van der Waals surface area (Å²) in [5, 5.41) is 0. The molecule has 0 radical (unpaired) electrons. The first kappa shape index (κ1) is 93.8. The van der Waals surface area contributed by atoms with Gasteiger partial charge in [0.25, 0.3) is 0 Å². The van der Waals surface area contributed by atoms with Crippen molar-refractivity contribution in [2.45, 2.75) is 55.4 Å². The van der Waals surface area contributed by atoms with Crippen LogP contribution in [0, 0.1) is 55.4 Å². The molecule has 0 atom stereocenters. The smallest absolute Gasteiger partial charge is 0.0105 e. The Morgan fingerprint density at radius 2 is 0.224 bits per heavy atom. The Labute approximate surface area is 797 Å². The molecule has 21 aromatic carbocycles. The second-order valence-electron chi connectivity index (χ2n) is 33.7. The van der Waals surface area contributed by atoms with Crippen LogP contribution in [0.5, 0.6) is 0 Å². The largest absolute Gasteiger partial charge is 0.0622 e. The van der Waals surface area contributed by atoms with Crippen molar-refractivity contribution in [2.24, 2.45) is 0 Å². The summed E-state index contributed by atoms with van der Waals surface area (Å²) >= 11 is 0. The van der Waals surface area contributed by atoms with E-state index in [0.29, 0.717) is 0 Å². The molecule has 21 aromatic rings. The summed E-state index contributed by atoms with van der Waals surface area (Å²) in [6.07, 6.45) is 0. The van der Waals surface area contributed by atoms with E-state index in [1.807, 2.05) is 42.5 Å². The minimum atomic E-state index is 1.26. The summed E-state index contributed by atoms with van der Waals surface area (Å²) in [6.45, 7) is 17.0. The molecule has 0 aliphatic heterocycles. The summed E-state index contributed by atoms with van der Waals surface area (Å²) < 4.78 is 0. The quantitative estimate of drug-likeness (QED) is 0.108. The molecule has 0 bridgehead atoms. The van der Waals surface area contributed by atoms with Crippen LogP contribution in [0.25, 0.3) is 145 Å². The highest BCUT2D eigenvalue weighted by Crippen LogP contribution is 2.35. The van der Waals surface area contributed by atoms with Gasteiger partial charge in [0, 0.05) is 0 Å². The van der Waals surface area contributed by atoms with Crippen LogP contribution in [0.4, 0.5) is 0 Å².